The van der Waals surface area contributed by atoms with Gasteiger partial charge in [-0.05, 0) is 36.2 Å². The highest BCUT2D eigenvalue weighted by Gasteiger charge is 2.15. The van der Waals surface area contributed by atoms with Crippen LogP contribution in [0.15, 0.2) is 94.9 Å². The molecular formula is C25H22N6OS. The summed E-state index contributed by atoms with van der Waals surface area (Å²) in [5.74, 6) is 3.02. The molecule has 0 unspecified atom stereocenters. The van der Waals surface area contributed by atoms with E-state index >= 15 is 0 Å². The van der Waals surface area contributed by atoms with Crippen molar-refractivity contribution in [3.05, 3.63) is 102 Å². The van der Waals surface area contributed by atoms with E-state index in [0.717, 1.165) is 40.8 Å². The van der Waals surface area contributed by atoms with E-state index in [0.29, 0.717) is 18.1 Å². The number of para-hydroxylation sites is 1. The molecule has 0 N–H and O–H groups in total. The first-order valence-corrected chi connectivity index (χ1v) is 11.7. The smallest absolute Gasteiger partial charge is 0.226 e. The average Bonchev–Trinajstić information content (AvgIpc) is 3.51. The van der Waals surface area contributed by atoms with Crippen LogP contribution in [0.3, 0.4) is 0 Å². The van der Waals surface area contributed by atoms with Crippen molar-refractivity contribution in [2.24, 2.45) is 0 Å². The molecule has 5 rings (SSSR count). The summed E-state index contributed by atoms with van der Waals surface area (Å²) in [4.78, 5) is 8.51. The lowest BCUT2D eigenvalue weighted by Gasteiger charge is -2.10. The lowest BCUT2D eigenvalue weighted by molar-refractivity contribution is 0.378. The lowest BCUT2D eigenvalue weighted by atomic mass is 10.1. The first-order valence-electron chi connectivity index (χ1n) is 10.8. The number of aryl methyl sites for hydroxylation is 1. The van der Waals surface area contributed by atoms with Crippen molar-refractivity contribution in [3.8, 4) is 17.1 Å². The number of nitrogens with zero attached hydrogens (tertiary/aromatic N) is 6. The molecule has 0 atom stereocenters. The zero-order valence-electron chi connectivity index (χ0n) is 17.9. The van der Waals surface area contributed by atoms with Crippen LogP contribution >= 0.6 is 11.8 Å². The minimum atomic E-state index is 0.592. The fourth-order valence-electron chi connectivity index (χ4n) is 3.48. The number of rotatable bonds is 9. The quantitative estimate of drug-likeness (QED) is 0.228. The topological polar surface area (TPSA) is 82.5 Å². The van der Waals surface area contributed by atoms with Gasteiger partial charge >= 0.3 is 0 Å². The highest BCUT2D eigenvalue weighted by molar-refractivity contribution is 7.99. The van der Waals surface area contributed by atoms with Crippen LogP contribution in [0.4, 0.5) is 0 Å². The van der Waals surface area contributed by atoms with Gasteiger partial charge in [-0.1, -0.05) is 65.4 Å². The Kier molecular flexibility index (Phi) is 6.53. The van der Waals surface area contributed by atoms with Gasteiger partial charge in [0.05, 0.1) is 0 Å². The van der Waals surface area contributed by atoms with Crippen molar-refractivity contribution in [2.45, 2.75) is 24.4 Å². The van der Waals surface area contributed by atoms with Crippen LogP contribution in [0.1, 0.15) is 23.7 Å². The van der Waals surface area contributed by atoms with Gasteiger partial charge in [0.15, 0.2) is 5.16 Å². The molecule has 8 heteroatoms. The second-order valence-electron chi connectivity index (χ2n) is 7.43. The highest BCUT2D eigenvalue weighted by atomic mass is 32.2. The summed E-state index contributed by atoms with van der Waals surface area (Å²) >= 11 is 1.69. The van der Waals surface area contributed by atoms with E-state index < -0.39 is 0 Å². The van der Waals surface area contributed by atoms with Crippen LogP contribution < -0.4 is 0 Å². The Morgan fingerprint density at radius 1 is 0.848 bits per heavy atom. The van der Waals surface area contributed by atoms with E-state index in [1.165, 1.54) is 5.56 Å². The monoisotopic (exact) mass is 454 g/mol. The number of hydrogen-bond acceptors (Lipinski definition) is 7. The maximum absolute atomic E-state index is 5.41. The number of hydrogen-bond donors (Lipinski definition) is 0. The van der Waals surface area contributed by atoms with Crippen LogP contribution in [-0.2, 0) is 12.8 Å². The van der Waals surface area contributed by atoms with E-state index in [-0.39, 0.29) is 0 Å². The Morgan fingerprint density at radius 3 is 2.39 bits per heavy atom. The summed E-state index contributed by atoms with van der Waals surface area (Å²) in [6.07, 6.45) is 5.76. The molecule has 2 aromatic carbocycles. The third kappa shape index (κ3) is 5.18. The van der Waals surface area contributed by atoms with E-state index in [1.807, 2.05) is 48.5 Å². The molecule has 5 aromatic rings. The van der Waals surface area contributed by atoms with E-state index in [9.17, 15) is 0 Å². The molecule has 0 amide bonds. The van der Waals surface area contributed by atoms with Gasteiger partial charge in [0, 0.05) is 42.2 Å². The largest absolute Gasteiger partial charge is 0.339 e. The van der Waals surface area contributed by atoms with Gasteiger partial charge < -0.3 is 4.52 Å². The number of pyridine rings is 1. The molecule has 3 aromatic heterocycles. The number of thioether (sulfide) groups is 1. The third-order valence-corrected chi connectivity index (χ3v) is 6.11. The normalized spacial score (nSPS) is 11.0. The highest BCUT2D eigenvalue weighted by Crippen LogP contribution is 2.24. The predicted molar refractivity (Wildman–Crippen MR) is 127 cm³/mol. The Morgan fingerprint density at radius 2 is 1.61 bits per heavy atom. The van der Waals surface area contributed by atoms with E-state index in [1.54, 1.807) is 24.2 Å². The molecule has 7 nitrogen and oxygen atoms in total. The molecule has 0 aliphatic rings. The van der Waals surface area contributed by atoms with Crippen LogP contribution in [-0.4, -0.2) is 35.6 Å². The Bertz CT molecular complexity index is 1290. The van der Waals surface area contributed by atoms with E-state index in [2.05, 4.69) is 54.2 Å². The first-order chi connectivity index (χ1) is 16.4. The molecule has 3 heterocycles. The molecule has 0 saturated carbocycles. The second-order valence-corrected chi connectivity index (χ2v) is 8.49. The summed E-state index contributed by atoms with van der Waals surface area (Å²) in [6.45, 7) is 0. The molecule has 0 saturated heterocycles. The van der Waals surface area contributed by atoms with Crippen LogP contribution in [0.5, 0.6) is 0 Å². The van der Waals surface area contributed by atoms with Gasteiger partial charge in [0.2, 0.25) is 11.7 Å². The van der Waals surface area contributed by atoms with Crippen molar-refractivity contribution >= 4 is 11.8 Å². The van der Waals surface area contributed by atoms with Gasteiger partial charge in [0.25, 0.3) is 0 Å². The van der Waals surface area contributed by atoms with Crippen molar-refractivity contribution in [1.82, 2.24) is 29.9 Å². The fourth-order valence-corrected chi connectivity index (χ4v) is 4.39. The Labute approximate surface area is 195 Å². The number of benzene rings is 2. The molecule has 0 fully saturated rings. The van der Waals surface area contributed by atoms with Crippen LogP contribution in [0.2, 0.25) is 0 Å². The molecule has 0 aliphatic carbocycles. The number of aromatic nitrogens is 6. The maximum atomic E-state index is 5.41. The van der Waals surface area contributed by atoms with Crippen LogP contribution in [0, 0.1) is 0 Å². The lowest BCUT2D eigenvalue weighted by Crippen LogP contribution is -2.04. The van der Waals surface area contributed by atoms with Crippen molar-refractivity contribution in [3.63, 3.8) is 0 Å². The van der Waals surface area contributed by atoms with Crippen LogP contribution in [0.25, 0.3) is 17.1 Å². The molecule has 164 valence electrons. The Hall–Kier alpha value is -3.78. The molecule has 0 bridgehead atoms. The Balaban J connectivity index is 1.25. The molecule has 0 aliphatic heterocycles. The SMILES string of the molecule is c1ccc(Cc2nnc(SCCCc3nc(-c4ccncc4)no3)n2-c2ccccc2)cc1. The zero-order valence-corrected chi connectivity index (χ0v) is 18.7. The van der Waals surface area contributed by atoms with Crippen molar-refractivity contribution in [2.75, 3.05) is 5.75 Å². The minimum Gasteiger partial charge on any atom is -0.339 e. The predicted octanol–water partition coefficient (Wildman–Crippen LogP) is 5.03. The fraction of sp³-hybridized carbons (Fsp3) is 0.160. The van der Waals surface area contributed by atoms with Gasteiger partial charge in [-0.25, -0.2) is 0 Å². The maximum Gasteiger partial charge on any atom is 0.226 e. The molecule has 0 radical (unpaired) electrons. The van der Waals surface area contributed by atoms with Crippen molar-refractivity contribution < 1.29 is 4.52 Å². The molecule has 0 spiro atoms. The first kappa shape index (κ1) is 21.1. The standard InChI is InChI=1S/C25H22N6OS/c1-3-8-19(9-4-1)18-22-28-29-25(31(22)21-10-5-2-6-11-21)33-17-7-12-23-27-24(30-32-23)20-13-15-26-16-14-20/h1-6,8-11,13-16H,7,12,17-18H2. The van der Waals surface area contributed by atoms with Gasteiger partial charge in [-0.2, -0.15) is 4.98 Å². The summed E-state index contributed by atoms with van der Waals surface area (Å²) in [7, 11) is 0. The minimum absolute atomic E-state index is 0.592. The second kappa shape index (κ2) is 10.2. The van der Waals surface area contributed by atoms with Crippen molar-refractivity contribution in [1.29, 1.82) is 0 Å². The molecular weight excluding hydrogens is 432 g/mol. The third-order valence-electron chi connectivity index (χ3n) is 5.09. The van der Waals surface area contributed by atoms with Gasteiger partial charge in [0.1, 0.15) is 5.82 Å². The van der Waals surface area contributed by atoms with Gasteiger partial charge in [-0.15, -0.1) is 10.2 Å². The van der Waals surface area contributed by atoms with Gasteiger partial charge in [-0.3, -0.25) is 9.55 Å². The molecule has 33 heavy (non-hydrogen) atoms. The van der Waals surface area contributed by atoms with E-state index in [4.69, 9.17) is 4.52 Å². The average molecular weight is 455 g/mol. The summed E-state index contributed by atoms with van der Waals surface area (Å²) in [6, 6.07) is 24.3. The summed E-state index contributed by atoms with van der Waals surface area (Å²) in [5, 5.41) is 14.0. The summed E-state index contributed by atoms with van der Waals surface area (Å²) in [5.41, 5.74) is 3.17. The zero-order chi connectivity index (χ0) is 22.3. The summed E-state index contributed by atoms with van der Waals surface area (Å²) < 4.78 is 7.56.